The van der Waals surface area contributed by atoms with Crippen LogP contribution in [-0.4, -0.2) is 26.8 Å². The molecule has 0 saturated carbocycles. The van der Waals surface area contributed by atoms with Crippen LogP contribution < -0.4 is 5.32 Å². The molecule has 0 amide bonds. The van der Waals surface area contributed by atoms with E-state index in [1.165, 1.54) is 0 Å². The maximum Gasteiger partial charge on any atom is 0.0474 e. The Labute approximate surface area is 63.3 Å². The second-order valence-electron chi connectivity index (χ2n) is 2.17. The van der Waals surface area contributed by atoms with Crippen molar-refractivity contribution in [3.8, 4) is 0 Å². The Morgan fingerprint density at radius 1 is 1.50 bits per heavy atom. The zero-order valence-corrected chi connectivity index (χ0v) is 6.73. The lowest BCUT2D eigenvalue weighted by atomic mass is 10.4. The van der Waals surface area contributed by atoms with Crippen LogP contribution in [0.25, 0.3) is 0 Å². The molecule has 0 bridgehead atoms. The SMILES string of the molecule is C=CCCNCCCOC. The van der Waals surface area contributed by atoms with Gasteiger partial charge in [0.2, 0.25) is 0 Å². The van der Waals surface area contributed by atoms with E-state index in [-0.39, 0.29) is 0 Å². The molecular formula is C8H17NO. The molecule has 0 aliphatic rings. The molecule has 0 aromatic carbocycles. The van der Waals surface area contributed by atoms with Gasteiger partial charge in [-0.05, 0) is 25.9 Å². The summed E-state index contributed by atoms with van der Waals surface area (Å²) in [7, 11) is 1.73. The van der Waals surface area contributed by atoms with E-state index in [0.717, 1.165) is 32.5 Å². The number of ether oxygens (including phenoxy) is 1. The van der Waals surface area contributed by atoms with Crippen molar-refractivity contribution in [2.24, 2.45) is 0 Å². The largest absolute Gasteiger partial charge is 0.385 e. The number of methoxy groups -OCH3 is 1. The number of hydrogen-bond acceptors (Lipinski definition) is 2. The van der Waals surface area contributed by atoms with E-state index >= 15 is 0 Å². The van der Waals surface area contributed by atoms with Gasteiger partial charge in [-0.1, -0.05) is 6.08 Å². The van der Waals surface area contributed by atoms with Crippen molar-refractivity contribution < 1.29 is 4.74 Å². The molecule has 0 atom stereocenters. The van der Waals surface area contributed by atoms with E-state index < -0.39 is 0 Å². The van der Waals surface area contributed by atoms with Crippen LogP contribution in [0.15, 0.2) is 12.7 Å². The molecule has 0 aliphatic carbocycles. The van der Waals surface area contributed by atoms with Gasteiger partial charge in [0.1, 0.15) is 0 Å². The van der Waals surface area contributed by atoms with Crippen LogP contribution in [0.4, 0.5) is 0 Å². The van der Waals surface area contributed by atoms with Crippen molar-refractivity contribution in [1.29, 1.82) is 0 Å². The summed E-state index contributed by atoms with van der Waals surface area (Å²) >= 11 is 0. The summed E-state index contributed by atoms with van der Waals surface area (Å²) in [5.41, 5.74) is 0. The molecule has 0 fully saturated rings. The van der Waals surface area contributed by atoms with Crippen LogP contribution in [-0.2, 0) is 4.74 Å². The van der Waals surface area contributed by atoms with Crippen LogP contribution in [0, 0.1) is 0 Å². The van der Waals surface area contributed by atoms with E-state index in [1.807, 2.05) is 6.08 Å². The van der Waals surface area contributed by atoms with Gasteiger partial charge in [0.25, 0.3) is 0 Å². The average Bonchev–Trinajstić information content (AvgIpc) is 1.97. The molecular weight excluding hydrogens is 126 g/mol. The van der Waals surface area contributed by atoms with Gasteiger partial charge in [-0.15, -0.1) is 6.58 Å². The van der Waals surface area contributed by atoms with Crippen LogP contribution in [0.5, 0.6) is 0 Å². The minimum atomic E-state index is 0.848. The second kappa shape index (κ2) is 8.66. The van der Waals surface area contributed by atoms with Crippen molar-refractivity contribution in [2.45, 2.75) is 12.8 Å². The summed E-state index contributed by atoms with van der Waals surface area (Å²) in [6.45, 7) is 6.56. The molecule has 0 aromatic heterocycles. The normalized spacial score (nSPS) is 9.70. The molecule has 60 valence electrons. The van der Waals surface area contributed by atoms with E-state index in [9.17, 15) is 0 Å². The topological polar surface area (TPSA) is 21.3 Å². The van der Waals surface area contributed by atoms with E-state index in [0.29, 0.717) is 0 Å². The van der Waals surface area contributed by atoms with Crippen molar-refractivity contribution in [3.05, 3.63) is 12.7 Å². The summed E-state index contributed by atoms with van der Waals surface area (Å²) in [4.78, 5) is 0. The highest BCUT2D eigenvalue weighted by Crippen LogP contribution is 1.78. The third-order valence-electron chi connectivity index (χ3n) is 1.23. The van der Waals surface area contributed by atoms with Crippen molar-refractivity contribution in [3.63, 3.8) is 0 Å². The molecule has 0 rings (SSSR count). The fourth-order valence-electron chi connectivity index (χ4n) is 0.671. The molecule has 0 spiro atoms. The van der Waals surface area contributed by atoms with Crippen LogP contribution >= 0.6 is 0 Å². The Hall–Kier alpha value is -0.340. The summed E-state index contributed by atoms with van der Waals surface area (Å²) in [6.07, 6.45) is 4.06. The van der Waals surface area contributed by atoms with Gasteiger partial charge in [-0.25, -0.2) is 0 Å². The zero-order valence-electron chi connectivity index (χ0n) is 6.73. The van der Waals surface area contributed by atoms with Crippen LogP contribution in [0.2, 0.25) is 0 Å². The molecule has 0 unspecified atom stereocenters. The molecule has 0 saturated heterocycles. The zero-order chi connectivity index (χ0) is 7.66. The monoisotopic (exact) mass is 143 g/mol. The third kappa shape index (κ3) is 7.66. The lowest BCUT2D eigenvalue weighted by molar-refractivity contribution is 0.194. The molecule has 1 N–H and O–H groups in total. The first-order valence-corrected chi connectivity index (χ1v) is 3.72. The van der Waals surface area contributed by atoms with Gasteiger partial charge in [-0.2, -0.15) is 0 Å². The first-order chi connectivity index (χ1) is 4.91. The summed E-state index contributed by atoms with van der Waals surface area (Å²) in [5.74, 6) is 0. The Bertz CT molecular complexity index is 73.7. The lowest BCUT2D eigenvalue weighted by Gasteiger charge is -2.00. The standard InChI is InChI=1S/C8H17NO/c1-3-4-6-9-7-5-8-10-2/h3,9H,1,4-8H2,2H3. The molecule has 2 heteroatoms. The predicted molar refractivity (Wildman–Crippen MR) is 44.2 cm³/mol. The first-order valence-electron chi connectivity index (χ1n) is 3.72. The fourth-order valence-corrected chi connectivity index (χ4v) is 0.671. The summed E-state index contributed by atoms with van der Waals surface area (Å²) in [6, 6.07) is 0. The maximum atomic E-state index is 4.89. The Morgan fingerprint density at radius 2 is 2.30 bits per heavy atom. The van der Waals surface area contributed by atoms with E-state index in [1.54, 1.807) is 7.11 Å². The highest BCUT2D eigenvalue weighted by Gasteiger charge is 1.84. The smallest absolute Gasteiger partial charge is 0.0474 e. The third-order valence-corrected chi connectivity index (χ3v) is 1.23. The number of rotatable bonds is 7. The second-order valence-corrected chi connectivity index (χ2v) is 2.17. The first kappa shape index (κ1) is 9.66. The van der Waals surface area contributed by atoms with Crippen molar-refractivity contribution in [1.82, 2.24) is 5.32 Å². The van der Waals surface area contributed by atoms with Crippen LogP contribution in [0.3, 0.4) is 0 Å². The van der Waals surface area contributed by atoms with E-state index in [4.69, 9.17) is 4.74 Å². The Morgan fingerprint density at radius 3 is 2.90 bits per heavy atom. The van der Waals surface area contributed by atoms with Gasteiger partial charge in [0.05, 0.1) is 0 Å². The molecule has 10 heavy (non-hydrogen) atoms. The molecule has 0 aliphatic heterocycles. The number of hydrogen-bond donors (Lipinski definition) is 1. The molecule has 0 aromatic rings. The van der Waals surface area contributed by atoms with Gasteiger partial charge in [0.15, 0.2) is 0 Å². The summed E-state index contributed by atoms with van der Waals surface area (Å²) < 4.78 is 4.89. The Kier molecular flexibility index (Phi) is 8.37. The molecule has 2 nitrogen and oxygen atoms in total. The Balaban J connectivity index is 2.70. The molecule has 0 heterocycles. The minimum Gasteiger partial charge on any atom is -0.385 e. The highest BCUT2D eigenvalue weighted by atomic mass is 16.5. The molecule has 0 radical (unpaired) electrons. The maximum absolute atomic E-state index is 4.89. The highest BCUT2D eigenvalue weighted by molar-refractivity contribution is 4.67. The summed E-state index contributed by atoms with van der Waals surface area (Å²) in [5, 5.41) is 3.27. The van der Waals surface area contributed by atoms with Crippen molar-refractivity contribution >= 4 is 0 Å². The lowest BCUT2D eigenvalue weighted by Crippen LogP contribution is -2.17. The predicted octanol–water partition coefficient (Wildman–Crippen LogP) is 1.19. The van der Waals surface area contributed by atoms with Crippen LogP contribution in [0.1, 0.15) is 12.8 Å². The van der Waals surface area contributed by atoms with Gasteiger partial charge in [0, 0.05) is 13.7 Å². The minimum absolute atomic E-state index is 0.848. The van der Waals surface area contributed by atoms with Gasteiger partial charge >= 0.3 is 0 Å². The quantitative estimate of drug-likeness (QED) is 0.427. The van der Waals surface area contributed by atoms with Gasteiger partial charge in [-0.3, -0.25) is 0 Å². The average molecular weight is 143 g/mol. The fraction of sp³-hybridized carbons (Fsp3) is 0.750. The van der Waals surface area contributed by atoms with Crippen molar-refractivity contribution in [2.75, 3.05) is 26.8 Å². The van der Waals surface area contributed by atoms with E-state index in [2.05, 4.69) is 11.9 Å². The van der Waals surface area contributed by atoms with Gasteiger partial charge < -0.3 is 10.1 Å². The number of nitrogens with one attached hydrogen (secondary N) is 1.